The number of para-hydroxylation sites is 1. The second-order valence-electron chi connectivity index (χ2n) is 8.37. The number of aromatic carboxylic acids is 1. The van der Waals surface area contributed by atoms with E-state index >= 15 is 0 Å². The number of nitrogen functional groups attached to an aromatic ring is 2. The zero-order valence-electron chi connectivity index (χ0n) is 18.2. The molecule has 0 radical (unpaired) electrons. The highest BCUT2D eigenvalue weighted by atomic mass is 35.5. The third-order valence-corrected chi connectivity index (χ3v) is 5.98. The summed E-state index contributed by atoms with van der Waals surface area (Å²) in [6, 6.07) is 11.7. The van der Waals surface area contributed by atoms with Crippen LogP contribution >= 0.6 is 11.6 Å². The summed E-state index contributed by atoms with van der Waals surface area (Å²) in [5.74, 6) is 0.227. The maximum absolute atomic E-state index is 12.3. The summed E-state index contributed by atoms with van der Waals surface area (Å²) in [4.78, 5) is 22.8. The van der Waals surface area contributed by atoms with Gasteiger partial charge in [0, 0.05) is 11.4 Å². The lowest BCUT2D eigenvalue weighted by molar-refractivity contribution is -0.0173. The highest BCUT2D eigenvalue weighted by Gasteiger charge is 2.33. The highest BCUT2D eigenvalue weighted by molar-refractivity contribution is 6.34. The number of carboxylic acids is 1. The molecule has 0 heterocycles. The summed E-state index contributed by atoms with van der Waals surface area (Å²) in [6.07, 6.45) is 3.35. The molecule has 3 atom stereocenters. The van der Waals surface area contributed by atoms with Crippen LogP contribution in [0.15, 0.2) is 42.5 Å². The number of carbonyl (C=O) groups is 2. The lowest BCUT2D eigenvalue weighted by Crippen LogP contribution is -2.36. The molecule has 2 aromatic carbocycles. The molecule has 6 nitrogen and oxygen atoms in total. The van der Waals surface area contributed by atoms with Crippen LogP contribution in [0.1, 0.15) is 60.7 Å². The molecule has 0 bridgehead atoms. The molecule has 31 heavy (non-hydrogen) atoms. The van der Waals surface area contributed by atoms with Crippen molar-refractivity contribution in [3.05, 3.63) is 58.6 Å². The minimum absolute atomic E-state index is 0.0193. The summed E-state index contributed by atoms with van der Waals surface area (Å²) in [5.41, 5.74) is 12.3. The third kappa shape index (κ3) is 6.62. The van der Waals surface area contributed by atoms with Crippen LogP contribution in [0, 0.1) is 17.8 Å². The van der Waals surface area contributed by atoms with Gasteiger partial charge in [0.1, 0.15) is 11.7 Å². The molecule has 0 aromatic heterocycles. The number of ether oxygens (including phenoxy) is 1. The van der Waals surface area contributed by atoms with E-state index in [-0.39, 0.29) is 28.3 Å². The maximum Gasteiger partial charge on any atom is 0.340 e. The second-order valence-corrected chi connectivity index (χ2v) is 8.77. The SMILES string of the molecule is CC1CCC(C(C)C)C(OC(=O)c2ccccc2N)C1.Nc1cccc(Cl)c1C(=O)O. The molecule has 1 fully saturated rings. The Morgan fingerprint density at radius 1 is 1.06 bits per heavy atom. The van der Waals surface area contributed by atoms with Crippen molar-refractivity contribution >= 4 is 34.9 Å². The van der Waals surface area contributed by atoms with Gasteiger partial charge in [0.2, 0.25) is 0 Å². The number of hydrogen-bond donors (Lipinski definition) is 3. The molecule has 7 heteroatoms. The average molecular weight is 447 g/mol. The Morgan fingerprint density at radius 2 is 1.71 bits per heavy atom. The lowest BCUT2D eigenvalue weighted by atomic mass is 9.75. The van der Waals surface area contributed by atoms with Gasteiger partial charge in [0.25, 0.3) is 0 Å². The number of esters is 1. The minimum atomic E-state index is -1.10. The van der Waals surface area contributed by atoms with Gasteiger partial charge in [0.05, 0.1) is 10.6 Å². The zero-order chi connectivity index (χ0) is 23.1. The molecule has 1 saturated carbocycles. The number of hydrogen-bond acceptors (Lipinski definition) is 5. The van der Waals surface area contributed by atoms with Crippen molar-refractivity contribution in [1.82, 2.24) is 0 Å². The molecule has 0 saturated heterocycles. The van der Waals surface area contributed by atoms with Crippen LogP contribution in [-0.4, -0.2) is 23.1 Å². The highest BCUT2D eigenvalue weighted by Crippen LogP contribution is 2.36. The van der Waals surface area contributed by atoms with Gasteiger partial charge in [-0.15, -0.1) is 0 Å². The molecule has 5 N–H and O–H groups in total. The third-order valence-electron chi connectivity index (χ3n) is 5.66. The fraction of sp³-hybridized carbons (Fsp3) is 0.417. The van der Waals surface area contributed by atoms with E-state index in [1.165, 1.54) is 18.6 Å². The minimum Gasteiger partial charge on any atom is -0.478 e. The van der Waals surface area contributed by atoms with Gasteiger partial charge in [-0.2, -0.15) is 0 Å². The lowest BCUT2D eigenvalue weighted by Gasteiger charge is -2.36. The number of anilines is 2. The van der Waals surface area contributed by atoms with E-state index in [1.54, 1.807) is 18.2 Å². The van der Waals surface area contributed by atoms with Gasteiger partial charge in [-0.1, -0.05) is 57.0 Å². The largest absolute Gasteiger partial charge is 0.478 e. The normalized spacial score (nSPS) is 20.5. The first kappa shape index (κ1) is 24.5. The van der Waals surface area contributed by atoms with Crippen LogP contribution in [0.4, 0.5) is 11.4 Å². The standard InChI is InChI=1S/C17H25NO2.C7H6ClNO2/c1-11(2)13-9-8-12(3)10-16(13)20-17(19)14-6-4-5-7-15(14)18;8-4-2-1-3-5(9)6(4)7(10)11/h4-7,11-13,16H,8-10,18H2,1-3H3;1-3H,9H2,(H,10,11). The summed E-state index contributed by atoms with van der Waals surface area (Å²) in [5, 5.41) is 8.75. The Balaban J connectivity index is 0.000000262. The van der Waals surface area contributed by atoms with Crippen LogP contribution < -0.4 is 11.5 Å². The van der Waals surface area contributed by atoms with Gasteiger partial charge < -0.3 is 21.3 Å². The van der Waals surface area contributed by atoms with Crippen molar-refractivity contribution in [2.45, 2.75) is 46.1 Å². The topological polar surface area (TPSA) is 116 Å². The number of rotatable bonds is 4. The number of halogens is 1. The molecule has 1 aliphatic carbocycles. The predicted octanol–water partition coefficient (Wildman–Crippen LogP) is 5.51. The Labute approximate surface area is 188 Å². The molecule has 0 aliphatic heterocycles. The monoisotopic (exact) mass is 446 g/mol. The molecular weight excluding hydrogens is 416 g/mol. The van der Waals surface area contributed by atoms with E-state index in [1.807, 2.05) is 12.1 Å². The van der Waals surface area contributed by atoms with Crippen LogP contribution in [0.5, 0.6) is 0 Å². The Morgan fingerprint density at radius 3 is 2.26 bits per heavy atom. The van der Waals surface area contributed by atoms with E-state index in [9.17, 15) is 9.59 Å². The molecule has 3 rings (SSSR count). The van der Waals surface area contributed by atoms with E-state index in [4.69, 9.17) is 32.9 Å². The summed E-state index contributed by atoms with van der Waals surface area (Å²) in [6.45, 7) is 6.64. The van der Waals surface area contributed by atoms with Crippen molar-refractivity contribution in [2.24, 2.45) is 17.8 Å². The average Bonchev–Trinajstić information content (AvgIpc) is 2.68. The molecule has 168 valence electrons. The molecule has 0 spiro atoms. The number of carbonyl (C=O) groups excluding carboxylic acids is 1. The first-order valence-corrected chi connectivity index (χ1v) is 10.8. The van der Waals surface area contributed by atoms with Crippen LogP contribution in [-0.2, 0) is 4.74 Å². The van der Waals surface area contributed by atoms with Gasteiger partial charge in [-0.3, -0.25) is 0 Å². The smallest absolute Gasteiger partial charge is 0.340 e. The summed E-state index contributed by atoms with van der Waals surface area (Å²) < 4.78 is 5.78. The first-order valence-electron chi connectivity index (χ1n) is 10.4. The molecule has 2 aromatic rings. The molecular formula is C24H31ClN2O4. The number of nitrogens with two attached hydrogens (primary N) is 2. The molecule has 3 unspecified atom stereocenters. The fourth-order valence-corrected chi connectivity index (χ4v) is 4.16. The Bertz CT molecular complexity index is 896. The van der Waals surface area contributed by atoms with Gasteiger partial charge in [-0.25, -0.2) is 9.59 Å². The van der Waals surface area contributed by atoms with E-state index < -0.39 is 5.97 Å². The maximum atomic E-state index is 12.3. The Kier molecular flexibility index (Phi) is 8.75. The van der Waals surface area contributed by atoms with Crippen molar-refractivity contribution in [2.75, 3.05) is 11.5 Å². The quantitative estimate of drug-likeness (QED) is 0.421. The van der Waals surface area contributed by atoms with E-state index in [0.29, 0.717) is 29.0 Å². The van der Waals surface area contributed by atoms with Crippen molar-refractivity contribution in [3.8, 4) is 0 Å². The second kappa shape index (κ2) is 11.0. The molecule has 1 aliphatic rings. The van der Waals surface area contributed by atoms with Crippen molar-refractivity contribution in [1.29, 1.82) is 0 Å². The van der Waals surface area contributed by atoms with Gasteiger partial charge >= 0.3 is 11.9 Å². The van der Waals surface area contributed by atoms with Crippen LogP contribution in [0.25, 0.3) is 0 Å². The molecule has 0 amide bonds. The zero-order valence-corrected chi connectivity index (χ0v) is 18.9. The van der Waals surface area contributed by atoms with Crippen LogP contribution in [0.2, 0.25) is 5.02 Å². The Hall–Kier alpha value is -2.73. The van der Waals surface area contributed by atoms with Crippen molar-refractivity contribution in [3.63, 3.8) is 0 Å². The predicted molar refractivity (Wildman–Crippen MR) is 124 cm³/mol. The first-order chi connectivity index (χ1) is 14.6. The van der Waals surface area contributed by atoms with E-state index in [0.717, 1.165) is 12.8 Å². The summed E-state index contributed by atoms with van der Waals surface area (Å²) >= 11 is 5.56. The number of benzene rings is 2. The van der Waals surface area contributed by atoms with Gasteiger partial charge in [-0.05, 0) is 54.9 Å². The summed E-state index contributed by atoms with van der Waals surface area (Å²) in [7, 11) is 0. The fourth-order valence-electron chi connectivity index (χ4n) is 3.90. The van der Waals surface area contributed by atoms with Crippen LogP contribution in [0.3, 0.4) is 0 Å². The number of carboxylic acid groups (broad SMARTS) is 1. The van der Waals surface area contributed by atoms with Crippen molar-refractivity contribution < 1.29 is 19.4 Å². The van der Waals surface area contributed by atoms with Gasteiger partial charge in [0.15, 0.2) is 0 Å². The van der Waals surface area contributed by atoms with E-state index in [2.05, 4.69) is 20.8 Å².